The predicted molar refractivity (Wildman–Crippen MR) is 156 cm³/mol. The van der Waals surface area contributed by atoms with Crippen molar-refractivity contribution in [2.24, 2.45) is 5.92 Å². The molecular weight excluding hydrogens is 507 g/mol. The van der Waals surface area contributed by atoms with Crippen LogP contribution in [0.15, 0.2) is 72.3 Å². The number of amides is 1. The largest absolute Gasteiger partial charge is 0.507 e. The summed E-state index contributed by atoms with van der Waals surface area (Å²) in [5, 5.41) is 11.5. The molecule has 3 aromatic rings. The number of likely N-dealkylation sites (tertiary alicyclic amines) is 1. The van der Waals surface area contributed by atoms with E-state index in [1.54, 1.807) is 30.3 Å². The maximum atomic E-state index is 13.6. The molecule has 40 heavy (non-hydrogen) atoms. The zero-order valence-electron chi connectivity index (χ0n) is 23.8. The Balaban J connectivity index is 1.79. The molecule has 1 amide bonds. The van der Waals surface area contributed by atoms with Gasteiger partial charge in [-0.15, -0.1) is 0 Å². The molecule has 1 atom stereocenters. The lowest BCUT2D eigenvalue weighted by Crippen LogP contribution is -2.29. The van der Waals surface area contributed by atoms with Crippen molar-refractivity contribution in [1.29, 1.82) is 0 Å². The van der Waals surface area contributed by atoms with Gasteiger partial charge in [0.15, 0.2) is 0 Å². The average Bonchev–Trinajstić information content (AvgIpc) is 3.19. The number of ketones is 1. The first kappa shape index (κ1) is 28.9. The summed E-state index contributed by atoms with van der Waals surface area (Å²) < 4.78 is 19.4. The Hall–Kier alpha value is -4.13. The first-order chi connectivity index (χ1) is 19.1. The van der Waals surface area contributed by atoms with Crippen LogP contribution in [0.2, 0.25) is 0 Å². The molecular formula is C33H37FN2O4. The molecule has 1 aliphatic rings. The molecule has 3 aromatic carbocycles. The number of ether oxygens (including phenoxy) is 1. The lowest BCUT2D eigenvalue weighted by molar-refractivity contribution is -0.140. The highest BCUT2D eigenvalue weighted by atomic mass is 19.1. The van der Waals surface area contributed by atoms with Crippen molar-refractivity contribution in [3.63, 3.8) is 0 Å². The van der Waals surface area contributed by atoms with E-state index in [4.69, 9.17) is 4.74 Å². The lowest BCUT2D eigenvalue weighted by atomic mass is 9.94. The van der Waals surface area contributed by atoms with Crippen molar-refractivity contribution in [1.82, 2.24) is 4.90 Å². The van der Waals surface area contributed by atoms with Crippen LogP contribution >= 0.6 is 0 Å². The van der Waals surface area contributed by atoms with E-state index in [0.717, 1.165) is 24.3 Å². The fourth-order valence-corrected chi connectivity index (χ4v) is 5.00. The van der Waals surface area contributed by atoms with Crippen LogP contribution in [0.25, 0.3) is 5.76 Å². The van der Waals surface area contributed by atoms with Gasteiger partial charge in [0.05, 0.1) is 18.2 Å². The van der Waals surface area contributed by atoms with Gasteiger partial charge in [0, 0.05) is 30.9 Å². The molecule has 7 heteroatoms. The summed E-state index contributed by atoms with van der Waals surface area (Å²) in [6.45, 7) is 12.5. The summed E-state index contributed by atoms with van der Waals surface area (Å²) in [7, 11) is 0. The summed E-state index contributed by atoms with van der Waals surface area (Å²) in [5.41, 5.74) is 3.67. The molecule has 1 aliphatic heterocycles. The second kappa shape index (κ2) is 12.4. The monoisotopic (exact) mass is 544 g/mol. The summed E-state index contributed by atoms with van der Waals surface area (Å²) in [6.07, 6.45) is 0. The molecule has 6 nitrogen and oxygen atoms in total. The maximum absolute atomic E-state index is 13.6. The molecule has 0 radical (unpaired) electrons. The molecule has 4 rings (SSSR count). The first-order valence-corrected chi connectivity index (χ1v) is 13.8. The zero-order chi connectivity index (χ0) is 29.0. The van der Waals surface area contributed by atoms with Crippen LogP contribution < -0.4 is 9.64 Å². The third-order valence-corrected chi connectivity index (χ3v) is 7.16. The van der Waals surface area contributed by atoms with Gasteiger partial charge in [-0.3, -0.25) is 9.59 Å². The second-order valence-corrected chi connectivity index (χ2v) is 10.5. The van der Waals surface area contributed by atoms with E-state index in [1.165, 1.54) is 17.0 Å². The van der Waals surface area contributed by atoms with Crippen molar-refractivity contribution in [2.75, 3.05) is 24.6 Å². The average molecular weight is 545 g/mol. The molecule has 0 bridgehead atoms. The molecule has 1 N–H and O–H groups in total. The van der Waals surface area contributed by atoms with E-state index in [9.17, 15) is 19.1 Å². The van der Waals surface area contributed by atoms with Gasteiger partial charge in [-0.25, -0.2) is 4.39 Å². The quantitative estimate of drug-likeness (QED) is 0.176. The zero-order valence-corrected chi connectivity index (χ0v) is 23.8. The minimum Gasteiger partial charge on any atom is -0.507 e. The molecule has 1 unspecified atom stereocenters. The summed E-state index contributed by atoms with van der Waals surface area (Å²) in [4.78, 5) is 30.5. The number of Topliss-reactive ketones (excluding diaryl/α,β-unsaturated/α-hetero) is 1. The highest BCUT2D eigenvalue weighted by Crippen LogP contribution is 2.41. The highest BCUT2D eigenvalue weighted by molar-refractivity contribution is 6.46. The normalized spacial score (nSPS) is 16.6. The van der Waals surface area contributed by atoms with E-state index in [0.29, 0.717) is 35.0 Å². The number of carbonyl (C=O) groups excluding carboxylic acids is 2. The Morgan fingerprint density at radius 1 is 1.00 bits per heavy atom. The molecule has 1 fully saturated rings. The number of carbonyl (C=O) groups is 2. The van der Waals surface area contributed by atoms with Crippen LogP contribution in [0.3, 0.4) is 0 Å². The first-order valence-electron chi connectivity index (χ1n) is 13.8. The Bertz CT molecular complexity index is 1390. The topological polar surface area (TPSA) is 70.1 Å². The number of nitrogens with zero attached hydrogens (tertiary/aromatic N) is 2. The van der Waals surface area contributed by atoms with E-state index >= 15 is 0 Å². The number of rotatable bonds is 10. The minimum absolute atomic E-state index is 0.0259. The molecule has 210 valence electrons. The summed E-state index contributed by atoms with van der Waals surface area (Å²) in [5.74, 6) is -1.03. The number of aliphatic hydroxyl groups excluding tert-OH is 1. The number of hydrogen-bond acceptors (Lipinski definition) is 5. The van der Waals surface area contributed by atoms with Crippen LogP contribution in [0.1, 0.15) is 56.0 Å². The Morgan fingerprint density at radius 2 is 1.65 bits per heavy atom. The smallest absolute Gasteiger partial charge is 0.295 e. The third kappa shape index (κ3) is 6.03. The highest BCUT2D eigenvalue weighted by Gasteiger charge is 2.46. The van der Waals surface area contributed by atoms with Gasteiger partial charge in [-0.2, -0.15) is 0 Å². The Morgan fingerprint density at radius 3 is 2.23 bits per heavy atom. The third-order valence-electron chi connectivity index (χ3n) is 7.16. The fourth-order valence-electron chi connectivity index (χ4n) is 5.00. The SMILES string of the molecule is CCN(CC)c1ccc(C2/C(=C(/O)c3ccc(OCC(C)C)c(C)c3)C(=O)C(=O)N2Cc2ccc(F)cc2)cc1. The summed E-state index contributed by atoms with van der Waals surface area (Å²) in [6, 6.07) is 18.0. The van der Waals surface area contributed by atoms with Crippen LogP contribution in [-0.4, -0.2) is 41.4 Å². The minimum atomic E-state index is -0.812. The van der Waals surface area contributed by atoms with Crippen LogP contribution in [0, 0.1) is 18.7 Å². The number of halogens is 1. The van der Waals surface area contributed by atoms with Gasteiger partial charge < -0.3 is 19.6 Å². The number of benzene rings is 3. The van der Waals surface area contributed by atoms with Gasteiger partial charge >= 0.3 is 0 Å². The second-order valence-electron chi connectivity index (χ2n) is 10.5. The number of aliphatic hydroxyl groups is 1. The van der Waals surface area contributed by atoms with Crippen LogP contribution in [-0.2, 0) is 16.1 Å². The Labute approximate surface area is 235 Å². The number of anilines is 1. The predicted octanol–water partition coefficient (Wildman–Crippen LogP) is 6.64. The van der Waals surface area contributed by atoms with Gasteiger partial charge in [-0.05, 0) is 85.8 Å². The number of hydrogen-bond donors (Lipinski definition) is 1. The Kier molecular flexibility index (Phi) is 8.93. The maximum Gasteiger partial charge on any atom is 0.295 e. The van der Waals surface area contributed by atoms with E-state index < -0.39 is 17.7 Å². The standard InChI is InChI=1S/C33H37FN2O4/c1-6-35(7-2)27-15-10-24(11-16-27)30-29(31(37)25-12-17-28(22(5)18-25)40-20-21(3)4)32(38)33(39)36(30)19-23-8-13-26(34)14-9-23/h8-18,21,30,37H,6-7,19-20H2,1-5H3/b31-29-. The molecule has 1 saturated heterocycles. The van der Waals surface area contributed by atoms with E-state index in [2.05, 4.69) is 32.6 Å². The summed E-state index contributed by atoms with van der Waals surface area (Å²) >= 11 is 0. The van der Waals surface area contributed by atoms with Gasteiger partial charge in [0.25, 0.3) is 11.7 Å². The van der Waals surface area contributed by atoms with Gasteiger partial charge in [0.2, 0.25) is 0 Å². The van der Waals surface area contributed by atoms with Crippen molar-refractivity contribution < 1.29 is 23.8 Å². The molecule has 1 heterocycles. The van der Waals surface area contributed by atoms with Crippen LogP contribution in [0.5, 0.6) is 5.75 Å². The van der Waals surface area contributed by atoms with Gasteiger partial charge in [-0.1, -0.05) is 38.1 Å². The van der Waals surface area contributed by atoms with Crippen molar-refractivity contribution in [3.8, 4) is 5.75 Å². The van der Waals surface area contributed by atoms with E-state index in [-0.39, 0.29) is 23.7 Å². The van der Waals surface area contributed by atoms with Gasteiger partial charge in [0.1, 0.15) is 17.3 Å². The van der Waals surface area contributed by atoms with Crippen molar-refractivity contribution in [3.05, 3.63) is 100 Å². The molecule has 0 aromatic heterocycles. The van der Waals surface area contributed by atoms with E-state index in [1.807, 2.05) is 31.2 Å². The molecule has 0 spiro atoms. The molecule has 0 aliphatic carbocycles. The molecule has 0 saturated carbocycles. The van der Waals surface area contributed by atoms with Crippen molar-refractivity contribution in [2.45, 2.75) is 47.2 Å². The lowest BCUT2D eigenvalue weighted by Gasteiger charge is -2.27. The number of aryl methyl sites for hydroxylation is 1. The van der Waals surface area contributed by atoms with Crippen LogP contribution in [0.4, 0.5) is 10.1 Å². The van der Waals surface area contributed by atoms with Crippen molar-refractivity contribution >= 4 is 23.1 Å². The fraction of sp³-hybridized carbons (Fsp3) is 0.333.